The van der Waals surface area contributed by atoms with Crippen molar-refractivity contribution in [3.05, 3.63) is 35.9 Å². The van der Waals surface area contributed by atoms with E-state index in [2.05, 4.69) is 17.4 Å². The number of nitrogens with one attached hydrogen (secondary N) is 1. The number of rotatable bonds is 4. The standard InChI is InChI=1S/C15H22N2O/c16-13-8-4-5-9-14(13)17-15(18)11-10-12-6-2-1-3-7-12/h1-3,6-7,13-14H,4-5,8-11,16H2,(H,17,18)/t13-,14-/m1/s1. The van der Waals surface area contributed by atoms with Crippen LogP contribution in [0.4, 0.5) is 0 Å². The predicted octanol–water partition coefficient (Wildman–Crippen LogP) is 2.01. The molecule has 2 atom stereocenters. The summed E-state index contributed by atoms with van der Waals surface area (Å²) < 4.78 is 0. The molecule has 1 aromatic carbocycles. The fourth-order valence-corrected chi connectivity index (χ4v) is 2.52. The van der Waals surface area contributed by atoms with Gasteiger partial charge in [-0.15, -0.1) is 0 Å². The Labute approximate surface area is 109 Å². The van der Waals surface area contributed by atoms with E-state index in [1.54, 1.807) is 0 Å². The molecule has 1 aliphatic carbocycles. The first kappa shape index (κ1) is 13.1. The van der Waals surface area contributed by atoms with Crippen LogP contribution in [0.25, 0.3) is 0 Å². The van der Waals surface area contributed by atoms with E-state index in [1.807, 2.05) is 18.2 Å². The molecule has 0 heterocycles. The van der Waals surface area contributed by atoms with Gasteiger partial charge in [0.2, 0.25) is 5.91 Å². The number of benzene rings is 1. The average Bonchev–Trinajstić information content (AvgIpc) is 2.40. The van der Waals surface area contributed by atoms with Crippen LogP contribution in [-0.2, 0) is 11.2 Å². The van der Waals surface area contributed by atoms with Crippen molar-refractivity contribution in [2.75, 3.05) is 0 Å². The van der Waals surface area contributed by atoms with E-state index in [1.165, 1.54) is 18.4 Å². The Hall–Kier alpha value is -1.35. The van der Waals surface area contributed by atoms with E-state index in [0.717, 1.165) is 19.3 Å². The van der Waals surface area contributed by atoms with E-state index < -0.39 is 0 Å². The fourth-order valence-electron chi connectivity index (χ4n) is 2.52. The number of carbonyl (C=O) groups is 1. The molecular weight excluding hydrogens is 224 g/mol. The molecule has 0 saturated heterocycles. The lowest BCUT2D eigenvalue weighted by Crippen LogP contribution is -2.49. The van der Waals surface area contributed by atoms with Crippen LogP contribution in [0.15, 0.2) is 30.3 Å². The molecule has 98 valence electrons. The van der Waals surface area contributed by atoms with E-state index in [-0.39, 0.29) is 18.0 Å². The van der Waals surface area contributed by atoms with Gasteiger partial charge in [-0.2, -0.15) is 0 Å². The van der Waals surface area contributed by atoms with Gasteiger partial charge in [-0.05, 0) is 24.8 Å². The first-order valence-electron chi connectivity index (χ1n) is 6.84. The molecule has 1 aromatic rings. The van der Waals surface area contributed by atoms with Crippen LogP contribution in [0.2, 0.25) is 0 Å². The summed E-state index contributed by atoms with van der Waals surface area (Å²) in [6.07, 6.45) is 5.78. The minimum absolute atomic E-state index is 0.126. The van der Waals surface area contributed by atoms with E-state index >= 15 is 0 Å². The van der Waals surface area contributed by atoms with Gasteiger partial charge in [-0.25, -0.2) is 0 Å². The van der Waals surface area contributed by atoms with Crippen molar-refractivity contribution < 1.29 is 4.79 Å². The number of hydrogen-bond donors (Lipinski definition) is 2. The summed E-state index contributed by atoms with van der Waals surface area (Å²) in [7, 11) is 0. The number of hydrogen-bond acceptors (Lipinski definition) is 2. The van der Waals surface area contributed by atoms with Crippen LogP contribution in [0, 0.1) is 0 Å². The van der Waals surface area contributed by atoms with Crippen molar-refractivity contribution in [2.24, 2.45) is 5.73 Å². The maximum absolute atomic E-state index is 11.9. The maximum Gasteiger partial charge on any atom is 0.220 e. The second kappa shape index (κ2) is 6.55. The largest absolute Gasteiger partial charge is 0.352 e. The molecule has 1 aliphatic rings. The summed E-state index contributed by atoms with van der Waals surface area (Å²) in [6, 6.07) is 10.4. The minimum Gasteiger partial charge on any atom is -0.352 e. The van der Waals surface area contributed by atoms with Crippen molar-refractivity contribution in [2.45, 2.75) is 50.6 Å². The highest BCUT2D eigenvalue weighted by molar-refractivity contribution is 5.76. The lowest BCUT2D eigenvalue weighted by molar-refractivity contribution is -0.122. The molecule has 18 heavy (non-hydrogen) atoms. The van der Waals surface area contributed by atoms with Crippen molar-refractivity contribution in [3.8, 4) is 0 Å². The molecule has 0 unspecified atom stereocenters. The van der Waals surface area contributed by atoms with Crippen molar-refractivity contribution in [1.82, 2.24) is 5.32 Å². The molecule has 3 nitrogen and oxygen atoms in total. The molecule has 3 N–H and O–H groups in total. The molecule has 1 amide bonds. The van der Waals surface area contributed by atoms with E-state index in [9.17, 15) is 4.79 Å². The van der Waals surface area contributed by atoms with Crippen LogP contribution in [0.1, 0.15) is 37.7 Å². The van der Waals surface area contributed by atoms with Gasteiger partial charge in [-0.1, -0.05) is 43.2 Å². The van der Waals surface area contributed by atoms with Gasteiger partial charge in [0.1, 0.15) is 0 Å². The Morgan fingerprint density at radius 3 is 2.67 bits per heavy atom. The Balaban J connectivity index is 1.75. The third-order valence-electron chi connectivity index (χ3n) is 3.65. The normalized spacial score (nSPS) is 23.6. The highest BCUT2D eigenvalue weighted by atomic mass is 16.1. The second-order valence-corrected chi connectivity index (χ2v) is 5.11. The Morgan fingerprint density at radius 1 is 1.22 bits per heavy atom. The van der Waals surface area contributed by atoms with Gasteiger partial charge in [0.15, 0.2) is 0 Å². The topological polar surface area (TPSA) is 55.1 Å². The summed E-state index contributed by atoms with van der Waals surface area (Å²) >= 11 is 0. The van der Waals surface area contributed by atoms with Crippen LogP contribution in [0.3, 0.4) is 0 Å². The van der Waals surface area contributed by atoms with Crippen molar-refractivity contribution in [3.63, 3.8) is 0 Å². The third kappa shape index (κ3) is 3.84. The second-order valence-electron chi connectivity index (χ2n) is 5.11. The summed E-state index contributed by atoms with van der Waals surface area (Å²) in [4.78, 5) is 11.9. The van der Waals surface area contributed by atoms with Gasteiger partial charge in [0, 0.05) is 18.5 Å². The zero-order valence-electron chi connectivity index (χ0n) is 10.8. The Morgan fingerprint density at radius 2 is 1.94 bits per heavy atom. The summed E-state index contributed by atoms with van der Waals surface area (Å²) in [5, 5.41) is 3.07. The summed E-state index contributed by atoms with van der Waals surface area (Å²) in [6.45, 7) is 0. The average molecular weight is 246 g/mol. The van der Waals surface area contributed by atoms with E-state index in [0.29, 0.717) is 6.42 Å². The SMILES string of the molecule is N[C@@H]1CCCC[C@H]1NC(=O)CCc1ccccc1. The molecule has 3 heteroatoms. The fraction of sp³-hybridized carbons (Fsp3) is 0.533. The lowest BCUT2D eigenvalue weighted by Gasteiger charge is -2.29. The molecule has 1 saturated carbocycles. The molecule has 0 radical (unpaired) electrons. The van der Waals surface area contributed by atoms with Crippen molar-refractivity contribution in [1.29, 1.82) is 0 Å². The van der Waals surface area contributed by atoms with Gasteiger partial charge in [0.05, 0.1) is 0 Å². The zero-order chi connectivity index (χ0) is 12.8. The molecule has 0 aromatic heterocycles. The van der Waals surface area contributed by atoms with Gasteiger partial charge in [0.25, 0.3) is 0 Å². The number of aryl methyl sites for hydroxylation is 1. The molecule has 0 aliphatic heterocycles. The van der Waals surface area contributed by atoms with E-state index in [4.69, 9.17) is 5.73 Å². The molecular formula is C15H22N2O. The number of carbonyl (C=O) groups excluding carboxylic acids is 1. The van der Waals surface area contributed by atoms with Gasteiger partial charge >= 0.3 is 0 Å². The molecule has 0 bridgehead atoms. The highest BCUT2D eigenvalue weighted by Crippen LogP contribution is 2.17. The van der Waals surface area contributed by atoms with Crippen LogP contribution < -0.4 is 11.1 Å². The van der Waals surface area contributed by atoms with Crippen molar-refractivity contribution >= 4 is 5.91 Å². The first-order valence-corrected chi connectivity index (χ1v) is 6.84. The molecule has 0 spiro atoms. The van der Waals surface area contributed by atoms with Crippen LogP contribution in [-0.4, -0.2) is 18.0 Å². The van der Waals surface area contributed by atoms with Gasteiger partial charge in [-0.3, -0.25) is 4.79 Å². The predicted molar refractivity (Wildman–Crippen MR) is 73.1 cm³/mol. The minimum atomic E-state index is 0.126. The maximum atomic E-state index is 11.9. The van der Waals surface area contributed by atoms with Crippen LogP contribution >= 0.6 is 0 Å². The summed E-state index contributed by atoms with van der Waals surface area (Å²) in [5.74, 6) is 0.126. The Bertz CT molecular complexity index is 377. The summed E-state index contributed by atoms with van der Waals surface area (Å²) in [5.41, 5.74) is 7.23. The molecule has 2 rings (SSSR count). The van der Waals surface area contributed by atoms with Crippen LogP contribution in [0.5, 0.6) is 0 Å². The Kier molecular flexibility index (Phi) is 4.76. The molecule has 1 fully saturated rings. The quantitative estimate of drug-likeness (QED) is 0.854. The first-order chi connectivity index (χ1) is 8.75. The van der Waals surface area contributed by atoms with Gasteiger partial charge < -0.3 is 11.1 Å². The highest BCUT2D eigenvalue weighted by Gasteiger charge is 2.22. The lowest BCUT2D eigenvalue weighted by atomic mass is 9.91. The number of nitrogens with two attached hydrogens (primary N) is 1. The zero-order valence-corrected chi connectivity index (χ0v) is 10.8. The number of amides is 1. The monoisotopic (exact) mass is 246 g/mol. The third-order valence-corrected chi connectivity index (χ3v) is 3.65. The smallest absolute Gasteiger partial charge is 0.220 e.